The summed E-state index contributed by atoms with van der Waals surface area (Å²) in [7, 11) is 3.76. The van der Waals surface area contributed by atoms with Crippen molar-refractivity contribution in [2.45, 2.75) is 39.5 Å². The van der Waals surface area contributed by atoms with Crippen LogP contribution in [-0.4, -0.2) is 75.4 Å². The zero-order valence-corrected chi connectivity index (χ0v) is 22.7. The molecular weight excluding hydrogens is 482 g/mol. The highest BCUT2D eigenvalue weighted by atomic mass is 16.5. The average molecular weight is 520 g/mol. The van der Waals surface area contributed by atoms with Crippen LogP contribution in [0.2, 0.25) is 0 Å². The Bertz CT molecular complexity index is 1280. The molecule has 1 aromatic heterocycles. The second-order valence-corrected chi connectivity index (χ2v) is 10.2. The lowest BCUT2D eigenvalue weighted by atomic mass is 9.98. The second kappa shape index (κ2) is 11.8. The molecule has 38 heavy (non-hydrogen) atoms. The van der Waals surface area contributed by atoms with Crippen molar-refractivity contribution < 1.29 is 19.4 Å². The first-order valence-electron chi connectivity index (χ1n) is 12.9. The normalized spacial score (nSPS) is 18.4. The van der Waals surface area contributed by atoms with Crippen molar-refractivity contribution in [3.05, 3.63) is 77.1 Å². The first kappa shape index (κ1) is 27.3. The summed E-state index contributed by atoms with van der Waals surface area (Å²) < 4.78 is 8.13. The van der Waals surface area contributed by atoms with Crippen LogP contribution in [0.15, 0.2) is 54.6 Å². The van der Waals surface area contributed by atoms with Crippen molar-refractivity contribution in [2.75, 3.05) is 32.1 Å². The summed E-state index contributed by atoms with van der Waals surface area (Å²) in [6.07, 6.45) is -0.277. The van der Waals surface area contributed by atoms with Gasteiger partial charge in [-0.05, 0) is 44.7 Å². The number of carbonyl (C=O) groups is 2. The Balaban J connectivity index is 1.68. The highest BCUT2D eigenvalue weighted by Gasteiger charge is 2.34. The summed E-state index contributed by atoms with van der Waals surface area (Å²) in [5, 5.41) is 17.1. The molecule has 0 aliphatic carbocycles. The van der Waals surface area contributed by atoms with E-state index in [0.29, 0.717) is 35.8 Å². The summed E-state index contributed by atoms with van der Waals surface area (Å²) in [4.78, 5) is 30.7. The van der Waals surface area contributed by atoms with Crippen LogP contribution in [0.25, 0.3) is 0 Å². The van der Waals surface area contributed by atoms with Crippen molar-refractivity contribution >= 4 is 17.5 Å². The Morgan fingerprint density at radius 1 is 1.24 bits per heavy atom. The molecule has 0 saturated heterocycles. The number of hydrogen-bond donors (Lipinski definition) is 2. The molecule has 0 radical (unpaired) electrons. The topological polar surface area (TPSA) is 99.9 Å². The fourth-order valence-corrected chi connectivity index (χ4v) is 4.84. The molecule has 1 aliphatic heterocycles. The summed E-state index contributed by atoms with van der Waals surface area (Å²) in [6.45, 7) is 7.35. The number of likely N-dealkylation sites (N-methyl/N-ethyl adjacent to an activating group) is 1. The van der Waals surface area contributed by atoms with Crippen molar-refractivity contribution in [2.24, 2.45) is 13.0 Å². The minimum Gasteiger partial charge on any atom is -0.486 e. The molecule has 0 unspecified atom stereocenters. The number of benzene rings is 2. The number of carbonyl (C=O) groups excluding carboxylic acids is 2. The second-order valence-electron chi connectivity index (χ2n) is 10.2. The molecule has 0 spiro atoms. The Hall–Kier alpha value is -3.69. The largest absolute Gasteiger partial charge is 0.486 e. The number of anilines is 1. The molecule has 4 rings (SSSR count). The third-order valence-electron chi connectivity index (χ3n) is 6.96. The van der Waals surface area contributed by atoms with Crippen molar-refractivity contribution in [1.29, 1.82) is 0 Å². The summed E-state index contributed by atoms with van der Waals surface area (Å²) in [5.41, 5.74) is 3.10. The molecular formula is C29H37N5O4. The molecule has 0 saturated carbocycles. The molecule has 0 fully saturated rings. The van der Waals surface area contributed by atoms with Gasteiger partial charge in [-0.15, -0.1) is 0 Å². The van der Waals surface area contributed by atoms with Crippen LogP contribution in [0.4, 0.5) is 5.69 Å². The summed E-state index contributed by atoms with van der Waals surface area (Å²) in [6, 6.07) is 16.7. The van der Waals surface area contributed by atoms with Crippen molar-refractivity contribution in [3.8, 4) is 5.75 Å². The van der Waals surface area contributed by atoms with E-state index in [-0.39, 0.29) is 36.5 Å². The molecule has 9 nitrogen and oxygen atoms in total. The zero-order chi connectivity index (χ0) is 27.4. The lowest BCUT2D eigenvalue weighted by Gasteiger charge is -2.38. The van der Waals surface area contributed by atoms with E-state index in [0.717, 1.165) is 12.2 Å². The van der Waals surface area contributed by atoms with E-state index < -0.39 is 0 Å². The molecule has 3 aromatic rings. The molecule has 3 atom stereocenters. The van der Waals surface area contributed by atoms with E-state index in [1.807, 2.05) is 39.1 Å². The highest BCUT2D eigenvalue weighted by Crippen LogP contribution is 2.35. The first-order valence-corrected chi connectivity index (χ1v) is 12.9. The Morgan fingerprint density at radius 3 is 2.63 bits per heavy atom. The number of para-hydroxylation sites is 1. The minimum atomic E-state index is -0.366. The van der Waals surface area contributed by atoms with Crippen molar-refractivity contribution in [1.82, 2.24) is 19.6 Å². The Labute approximate surface area is 224 Å². The summed E-state index contributed by atoms with van der Waals surface area (Å²) >= 11 is 0. The van der Waals surface area contributed by atoms with Crippen LogP contribution >= 0.6 is 0 Å². The highest BCUT2D eigenvalue weighted by molar-refractivity contribution is 6.06. The van der Waals surface area contributed by atoms with E-state index in [4.69, 9.17) is 4.74 Å². The van der Waals surface area contributed by atoms with Gasteiger partial charge in [0.05, 0.1) is 29.6 Å². The number of nitrogens with one attached hydrogen (secondary N) is 1. The standard InChI is InChI=1S/C29H37N5O4/c1-19-15-34(21(3)18-35)29(37)23-12-9-13-24(30-28(36)25-14-20(2)31-33(25)5)27(23)38-26(19)17-32(4)16-22-10-7-6-8-11-22/h6-14,19,21,26,35H,15-18H2,1-5H3,(H,30,36)/t19-,21+,26-/m1/s1. The van der Waals surface area contributed by atoms with E-state index in [2.05, 4.69) is 34.4 Å². The molecule has 2 N–H and O–H groups in total. The maximum Gasteiger partial charge on any atom is 0.274 e. The third kappa shape index (κ3) is 6.06. The fraction of sp³-hybridized carbons (Fsp3) is 0.414. The van der Waals surface area contributed by atoms with Gasteiger partial charge in [0, 0.05) is 32.6 Å². The average Bonchev–Trinajstić information content (AvgIpc) is 3.24. The van der Waals surface area contributed by atoms with Crippen molar-refractivity contribution in [3.63, 3.8) is 0 Å². The number of nitrogens with zero attached hydrogens (tertiary/aromatic N) is 4. The third-order valence-corrected chi connectivity index (χ3v) is 6.96. The van der Waals surface area contributed by atoms with Crippen LogP contribution in [-0.2, 0) is 13.6 Å². The Morgan fingerprint density at radius 2 is 1.97 bits per heavy atom. The van der Waals surface area contributed by atoms with Crippen LogP contribution in [0.3, 0.4) is 0 Å². The predicted octanol–water partition coefficient (Wildman–Crippen LogP) is 3.33. The molecule has 2 heterocycles. The molecule has 0 bridgehead atoms. The molecule has 1 aliphatic rings. The van der Waals surface area contributed by atoms with Crippen LogP contribution in [0.1, 0.15) is 46.0 Å². The molecule has 2 aromatic carbocycles. The van der Waals surface area contributed by atoms with E-state index in [9.17, 15) is 14.7 Å². The number of hydrogen-bond acceptors (Lipinski definition) is 6. The first-order chi connectivity index (χ1) is 18.2. The zero-order valence-electron chi connectivity index (χ0n) is 22.7. The van der Waals surface area contributed by atoms with Gasteiger partial charge in [0.2, 0.25) is 0 Å². The van der Waals surface area contributed by atoms with E-state index in [1.165, 1.54) is 10.2 Å². The maximum absolute atomic E-state index is 13.7. The lowest BCUT2D eigenvalue weighted by Crippen LogP contribution is -2.49. The monoisotopic (exact) mass is 519 g/mol. The number of aromatic nitrogens is 2. The molecule has 9 heteroatoms. The SMILES string of the molecule is Cc1cc(C(=O)Nc2cccc3c2O[C@H](CN(C)Cc2ccccc2)[C@H](C)CN([C@@H](C)CO)C3=O)n(C)n1. The van der Waals surface area contributed by atoms with Gasteiger partial charge in [0.1, 0.15) is 11.8 Å². The van der Waals surface area contributed by atoms with Crippen LogP contribution in [0, 0.1) is 12.8 Å². The fourth-order valence-electron chi connectivity index (χ4n) is 4.84. The van der Waals surface area contributed by atoms with E-state index in [1.54, 1.807) is 36.2 Å². The van der Waals surface area contributed by atoms with Gasteiger partial charge in [-0.2, -0.15) is 5.10 Å². The predicted molar refractivity (Wildman–Crippen MR) is 146 cm³/mol. The Kier molecular flexibility index (Phi) is 8.48. The quantitative estimate of drug-likeness (QED) is 0.474. The number of ether oxygens (including phenoxy) is 1. The number of aryl methyl sites for hydroxylation is 2. The van der Waals surface area contributed by atoms with Gasteiger partial charge in [0.15, 0.2) is 5.75 Å². The van der Waals surface area contributed by atoms with Gasteiger partial charge in [0.25, 0.3) is 11.8 Å². The maximum atomic E-state index is 13.7. The van der Waals surface area contributed by atoms with E-state index >= 15 is 0 Å². The van der Waals surface area contributed by atoms with Crippen LogP contribution in [0.5, 0.6) is 5.75 Å². The van der Waals surface area contributed by atoms with Gasteiger partial charge in [-0.25, -0.2) is 0 Å². The lowest BCUT2D eigenvalue weighted by molar-refractivity contribution is 0.0343. The molecule has 2 amide bonds. The number of aliphatic hydroxyl groups is 1. The van der Waals surface area contributed by atoms with Gasteiger partial charge in [-0.1, -0.05) is 43.3 Å². The van der Waals surface area contributed by atoms with Gasteiger partial charge >= 0.3 is 0 Å². The number of fused-ring (bicyclic) bond motifs is 1. The van der Waals surface area contributed by atoms with Gasteiger partial charge < -0.3 is 20.1 Å². The van der Waals surface area contributed by atoms with Crippen LogP contribution < -0.4 is 10.1 Å². The number of amides is 2. The van der Waals surface area contributed by atoms with Gasteiger partial charge in [-0.3, -0.25) is 19.2 Å². The summed E-state index contributed by atoms with van der Waals surface area (Å²) in [5.74, 6) is -0.282. The number of rotatable bonds is 8. The minimum absolute atomic E-state index is 0.0391. The number of aliphatic hydroxyl groups excluding tert-OH is 1. The molecule has 202 valence electrons. The smallest absolute Gasteiger partial charge is 0.274 e.